The van der Waals surface area contributed by atoms with E-state index in [-0.39, 0.29) is 5.75 Å². The van der Waals surface area contributed by atoms with Crippen LogP contribution >= 0.6 is 0 Å². The first-order chi connectivity index (χ1) is 5.83. The third kappa shape index (κ3) is 3.18. The standard InChI is InChI=1S/C8H14O4S/c1-4-5-13(11,12)7(3)6(2)8(9)10/h4,6-7H,1,5H2,2-3H3,(H,9,10)/t6?,7-/m0/s1. The zero-order chi connectivity index (χ0) is 10.6. The lowest BCUT2D eigenvalue weighted by Gasteiger charge is -2.15. The fourth-order valence-electron chi connectivity index (χ4n) is 0.828. The Morgan fingerprint density at radius 1 is 1.54 bits per heavy atom. The van der Waals surface area contributed by atoms with Crippen molar-refractivity contribution in [3.63, 3.8) is 0 Å². The van der Waals surface area contributed by atoms with Crippen molar-refractivity contribution in [3.05, 3.63) is 12.7 Å². The first-order valence-corrected chi connectivity index (χ1v) is 5.59. The van der Waals surface area contributed by atoms with Gasteiger partial charge in [0.15, 0.2) is 9.84 Å². The van der Waals surface area contributed by atoms with Gasteiger partial charge in [-0.15, -0.1) is 6.58 Å². The van der Waals surface area contributed by atoms with Crippen molar-refractivity contribution >= 4 is 15.8 Å². The van der Waals surface area contributed by atoms with Crippen LogP contribution in [-0.4, -0.2) is 30.5 Å². The molecule has 0 aromatic rings. The zero-order valence-electron chi connectivity index (χ0n) is 7.73. The number of rotatable bonds is 5. The lowest BCUT2D eigenvalue weighted by atomic mass is 10.1. The molecule has 0 aliphatic heterocycles. The van der Waals surface area contributed by atoms with Crippen LogP contribution in [0.4, 0.5) is 0 Å². The minimum absolute atomic E-state index is 0.175. The molecule has 0 fully saturated rings. The van der Waals surface area contributed by atoms with Crippen LogP contribution in [0.1, 0.15) is 13.8 Å². The number of aliphatic carboxylic acids is 1. The first kappa shape index (κ1) is 12.2. The van der Waals surface area contributed by atoms with Crippen LogP contribution in [0.2, 0.25) is 0 Å². The summed E-state index contributed by atoms with van der Waals surface area (Å²) in [5, 5.41) is 7.72. The van der Waals surface area contributed by atoms with E-state index >= 15 is 0 Å². The summed E-state index contributed by atoms with van der Waals surface area (Å²) in [5.41, 5.74) is 0. The molecule has 2 atom stereocenters. The monoisotopic (exact) mass is 206 g/mol. The molecule has 0 rings (SSSR count). The van der Waals surface area contributed by atoms with Crippen LogP contribution in [0.5, 0.6) is 0 Å². The van der Waals surface area contributed by atoms with E-state index in [0.717, 1.165) is 0 Å². The maximum Gasteiger partial charge on any atom is 0.307 e. The van der Waals surface area contributed by atoms with Crippen molar-refractivity contribution in [2.75, 3.05) is 5.75 Å². The number of sulfone groups is 1. The Morgan fingerprint density at radius 2 is 2.00 bits per heavy atom. The summed E-state index contributed by atoms with van der Waals surface area (Å²) in [6.45, 7) is 6.09. The van der Waals surface area contributed by atoms with Crippen molar-refractivity contribution in [1.82, 2.24) is 0 Å². The number of carboxylic acids is 1. The smallest absolute Gasteiger partial charge is 0.307 e. The Balaban J connectivity index is 4.68. The van der Waals surface area contributed by atoms with Gasteiger partial charge in [-0.25, -0.2) is 8.42 Å². The van der Waals surface area contributed by atoms with Gasteiger partial charge in [0.1, 0.15) is 0 Å². The average molecular weight is 206 g/mol. The Kier molecular flexibility index (Phi) is 4.13. The highest BCUT2D eigenvalue weighted by molar-refractivity contribution is 7.92. The summed E-state index contributed by atoms with van der Waals surface area (Å²) < 4.78 is 22.7. The molecule has 0 aromatic heterocycles. The van der Waals surface area contributed by atoms with Gasteiger partial charge in [-0.05, 0) is 6.92 Å². The Morgan fingerprint density at radius 3 is 2.31 bits per heavy atom. The number of carboxylic acid groups (broad SMARTS) is 1. The number of hydrogen-bond donors (Lipinski definition) is 1. The topological polar surface area (TPSA) is 71.4 Å². The molecule has 0 spiro atoms. The molecule has 0 aromatic carbocycles. The van der Waals surface area contributed by atoms with Gasteiger partial charge in [0.25, 0.3) is 0 Å². The summed E-state index contributed by atoms with van der Waals surface area (Å²) in [6, 6.07) is 0. The maximum atomic E-state index is 11.3. The fourth-order valence-corrected chi connectivity index (χ4v) is 2.20. The normalized spacial score (nSPS) is 16.2. The highest BCUT2D eigenvalue weighted by Crippen LogP contribution is 2.13. The summed E-state index contributed by atoms with van der Waals surface area (Å²) in [5.74, 6) is -2.16. The van der Waals surface area contributed by atoms with Crippen LogP contribution in [0.15, 0.2) is 12.7 Å². The minimum atomic E-state index is -3.35. The molecule has 0 saturated carbocycles. The summed E-state index contributed by atoms with van der Waals surface area (Å²) in [4.78, 5) is 10.5. The summed E-state index contributed by atoms with van der Waals surface area (Å²) in [6.07, 6.45) is 1.26. The number of hydrogen-bond acceptors (Lipinski definition) is 3. The van der Waals surface area contributed by atoms with Gasteiger partial charge < -0.3 is 5.11 Å². The van der Waals surface area contributed by atoms with Crippen molar-refractivity contribution in [3.8, 4) is 0 Å². The third-order valence-electron chi connectivity index (χ3n) is 2.01. The van der Waals surface area contributed by atoms with E-state index in [1.807, 2.05) is 0 Å². The molecule has 5 heteroatoms. The summed E-state index contributed by atoms with van der Waals surface area (Å²) in [7, 11) is -3.35. The van der Waals surface area contributed by atoms with Crippen molar-refractivity contribution in [2.24, 2.45) is 5.92 Å². The predicted octanol–water partition coefficient (Wildman–Crippen LogP) is 0.696. The zero-order valence-corrected chi connectivity index (χ0v) is 8.54. The van der Waals surface area contributed by atoms with Gasteiger partial charge in [0.2, 0.25) is 0 Å². The highest BCUT2D eigenvalue weighted by atomic mass is 32.2. The Bertz CT molecular complexity index is 291. The molecule has 0 radical (unpaired) electrons. The van der Waals surface area contributed by atoms with Crippen LogP contribution < -0.4 is 0 Å². The quantitative estimate of drug-likeness (QED) is 0.672. The van der Waals surface area contributed by atoms with Gasteiger partial charge in [-0.3, -0.25) is 4.79 Å². The van der Waals surface area contributed by atoms with Gasteiger partial charge >= 0.3 is 5.97 Å². The van der Waals surface area contributed by atoms with E-state index in [2.05, 4.69) is 6.58 Å². The highest BCUT2D eigenvalue weighted by Gasteiger charge is 2.29. The van der Waals surface area contributed by atoms with Crippen LogP contribution in [-0.2, 0) is 14.6 Å². The lowest BCUT2D eigenvalue weighted by molar-refractivity contribution is -0.141. The SMILES string of the molecule is C=CCS(=O)(=O)[C@@H](C)C(C)C(=O)O. The largest absolute Gasteiger partial charge is 0.481 e. The van der Waals surface area contributed by atoms with Gasteiger partial charge in [-0.2, -0.15) is 0 Å². The van der Waals surface area contributed by atoms with Crippen molar-refractivity contribution < 1.29 is 18.3 Å². The summed E-state index contributed by atoms with van der Waals surface area (Å²) >= 11 is 0. The van der Waals surface area contributed by atoms with Gasteiger partial charge in [-0.1, -0.05) is 13.0 Å². The van der Waals surface area contributed by atoms with E-state index in [0.29, 0.717) is 0 Å². The number of carbonyl (C=O) groups is 1. The van der Waals surface area contributed by atoms with E-state index in [1.165, 1.54) is 19.9 Å². The molecule has 0 amide bonds. The molecule has 76 valence electrons. The van der Waals surface area contributed by atoms with E-state index in [9.17, 15) is 13.2 Å². The van der Waals surface area contributed by atoms with E-state index < -0.39 is 27.0 Å². The fraction of sp³-hybridized carbons (Fsp3) is 0.625. The van der Waals surface area contributed by atoms with Crippen LogP contribution in [0, 0.1) is 5.92 Å². The molecular weight excluding hydrogens is 192 g/mol. The molecule has 4 nitrogen and oxygen atoms in total. The Hall–Kier alpha value is -0.840. The van der Waals surface area contributed by atoms with Crippen LogP contribution in [0.3, 0.4) is 0 Å². The molecule has 1 N–H and O–H groups in total. The molecule has 0 heterocycles. The predicted molar refractivity (Wildman–Crippen MR) is 50.2 cm³/mol. The molecule has 13 heavy (non-hydrogen) atoms. The van der Waals surface area contributed by atoms with E-state index in [1.54, 1.807) is 0 Å². The molecule has 0 aliphatic rings. The molecule has 1 unspecified atom stereocenters. The maximum absolute atomic E-state index is 11.3. The van der Waals surface area contributed by atoms with Gasteiger partial charge in [0.05, 0.1) is 16.9 Å². The molecule has 0 saturated heterocycles. The Labute approximate surface area is 78.2 Å². The first-order valence-electron chi connectivity index (χ1n) is 3.88. The van der Waals surface area contributed by atoms with Crippen LogP contribution in [0.25, 0.3) is 0 Å². The second-order valence-corrected chi connectivity index (χ2v) is 5.35. The lowest BCUT2D eigenvalue weighted by Crippen LogP contribution is -2.31. The minimum Gasteiger partial charge on any atom is -0.481 e. The average Bonchev–Trinajstić information content (AvgIpc) is 2.01. The molecular formula is C8H14O4S. The van der Waals surface area contributed by atoms with E-state index in [4.69, 9.17) is 5.11 Å². The molecule has 0 bridgehead atoms. The van der Waals surface area contributed by atoms with Crippen molar-refractivity contribution in [1.29, 1.82) is 0 Å². The third-order valence-corrected chi connectivity index (χ3v) is 4.25. The second-order valence-electron chi connectivity index (χ2n) is 2.95. The van der Waals surface area contributed by atoms with Gasteiger partial charge in [0, 0.05) is 0 Å². The molecule has 0 aliphatic carbocycles. The van der Waals surface area contributed by atoms with Crippen molar-refractivity contribution in [2.45, 2.75) is 19.1 Å². The second kappa shape index (κ2) is 4.41.